The number of phosphoric ester groups is 2. The maximum Gasteiger partial charge on any atom is 4.00 e. The summed E-state index contributed by atoms with van der Waals surface area (Å²) in [5.74, 6) is 0. The summed E-state index contributed by atoms with van der Waals surface area (Å²) < 4.78 is 28.6. The van der Waals surface area contributed by atoms with E-state index in [1.54, 1.807) is 0 Å². The fourth-order valence-electron chi connectivity index (χ4n) is 3.53. The van der Waals surface area contributed by atoms with Gasteiger partial charge < -0.3 is 37.8 Å². The van der Waals surface area contributed by atoms with Gasteiger partial charge in [0.2, 0.25) is 0 Å². The van der Waals surface area contributed by atoms with Crippen LogP contribution in [0, 0.1) is 0 Å². The summed E-state index contributed by atoms with van der Waals surface area (Å²) in [4.78, 5) is 40.6. The predicted molar refractivity (Wildman–Crippen MR) is 131 cm³/mol. The molecule has 0 fully saturated rings. The minimum atomic E-state index is -4.74. The fourth-order valence-corrected chi connectivity index (χ4v) is 4.24. The van der Waals surface area contributed by atoms with Gasteiger partial charge in [-0.05, 0) is 12.8 Å². The number of unbranched alkanes of at least 4 members (excludes halogenated alkanes) is 18. The van der Waals surface area contributed by atoms with Gasteiger partial charge >= 0.3 is 21.1 Å². The average Bonchev–Trinajstić information content (AvgIpc) is 2.75. The second kappa shape index (κ2) is 29.5. The Hall–Kier alpha value is 0.908. The van der Waals surface area contributed by atoms with Crippen LogP contribution in [-0.4, -0.2) is 13.2 Å². The molecule has 0 aliphatic rings. The van der Waals surface area contributed by atoms with E-state index in [0.717, 1.165) is 25.7 Å². The molecule has 0 aliphatic heterocycles. The predicted octanol–water partition coefficient (Wildman–Crippen LogP) is 5.50. The molecule has 0 atom stereocenters. The van der Waals surface area contributed by atoms with E-state index in [1.165, 1.54) is 89.9 Å². The van der Waals surface area contributed by atoms with Crippen LogP contribution in [0.15, 0.2) is 0 Å². The topological polar surface area (TPSA) is 145 Å². The molecule has 0 saturated heterocycles. The van der Waals surface area contributed by atoms with Crippen LogP contribution in [0.4, 0.5) is 0 Å². The largest absolute Gasteiger partial charge is 4.00 e. The first-order valence-electron chi connectivity index (χ1n) is 13.5. The summed E-state index contributed by atoms with van der Waals surface area (Å²) in [7, 11) is -9.49. The molecule has 0 spiro atoms. The van der Waals surface area contributed by atoms with Gasteiger partial charge in [-0.2, -0.15) is 0 Å². The summed E-state index contributed by atoms with van der Waals surface area (Å²) >= 11 is 0. The van der Waals surface area contributed by atoms with Crippen molar-refractivity contribution in [3.63, 3.8) is 0 Å². The maximum atomic E-state index is 10.1. The van der Waals surface area contributed by atoms with Crippen molar-refractivity contribution in [3.05, 3.63) is 0 Å². The summed E-state index contributed by atoms with van der Waals surface area (Å²) in [6.45, 7) is 4.51. The summed E-state index contributed by atoms with van der Waals surface area (Å²) in [6, 6.07) is 0. The molecule has 0 aromatic carbocycles. The van der Waals surface area contributed by atoms with Crippen molar-refractivity contribution in [1.29, 1.82) is 0 Å². The van der Waals surface area contributed by atoms with E-state index >= 15 is 0 Å². The van der Waals surface area contributed by atoms with Crippen molar-refractivity contribution in [2.24, 2.45) is 0 Å². The first kappa shape index (κ1) is 40.4. The fraction of sp³-hybridized carbons (Fsp3) is 1.00. The van der Waals surface area contributed by atoms with E-state index in [0.29, 0.717) is 12.8 Å². The molecule has 0 aromatic rings. The first-order valence-corrected chi connectivity index (χ1v) is 16.4. The van der Waals surface area contributed by atoms with Crippen LogP contribution in [0.25, 0.3) is 0 Å². The Labute approximate surface area is 229 Å². The molecular formula is C24H50MoO8P2. The van der Waals surface area contributed by atoms with Crippen LogP contribution >= 0.6 is 15.6 Å². The van der Waals surface area contributed by atoms with Crippen molar-refractivity contribution in [2.75, 3.05) is 13.2 Å². The van der Waals surface area contributed by atoms with E-state index in [1.807, 2.05) is 0 Å². The molecule has 0 unspecified atom stereocenters. The van der Waals surface area contributed by atoms with E-state index in [9.17, 15) is 28.7 Å². The molecule has 0 radical (unpaired) electrons. The monoisotopic (exact) mass is 626 g/mol. The third kappa shape index (κ3) is 45.2. The Balaban J connectivity index is -0.000000569. The van der Waals surface area contributed by atoms with E-state index in [2.05, 4.69) is 22.9 Å². The minimum Gasteiger partial charge on any atom is -0.790 e. The van der Waals surface area contributed by atoms with E-state index in [4.69, 9.17) is 0 Å². The molecule has 0 aliphatic carbocycles. The Morgan fingerprint density at radius 3 is 0.829 bits per heavy atom. The normalized spacial score (nSPS) is 11.6. The van der Waals surface area contributed by atoms with Gasteiger partial charge in [0.05, 0.1) is 28.9 Å². The second-order valence-corrected chi connectivity index (χ2v) is 11.2. The van der Waals surface area contributed by atoms with Gasteiger partial charge in [-0.25, -0.2) is 0 Å². The molecule has 0 saturated carbocycles. The van der Waals surface area contributed by atoms with Gasteiger partial charge in [-0.15, -0.1) is 0 Å². The van der Waals surface area contributed by atoms with Crippen LogP contribution in [0.2, 0.25) is 0 Å². The quantitative estimate of drug-likeness (QED) is 0.0778. The van der Waals surface area contributed by atoms with Gasteiger partial charge in [0.25, 0.3) is 0 Å². The number of rotatable bonds is 24. The maximum absolute atomic E-state index is 10.1. The number of phosphoric acid groups is 2. The van der Waals surface area contributed by atoms with Crippen LogP contribution in [0.1, 0.15) is 142 Å². The zero-order chi connectivity index (χ0) is 26.0. The minimum absolute atomic E-state index is 0. The summed E-state index contributed by atoms with van der Waals surface area (Å²) in [6.07, 6.45) is 23.4. The zero-order valence-corrected chi connectivity index (χ0v) is 25.9. The Morgan fingerprint density at radius 1 is 0.429 bits per heavy atom. The summed E-state index contributed by atoms with van der Waals surface area (Å²) in [5.41, 5.74) is 0. The molecule has 8 nitrogen and oxygen atoms in total. The third-order valence-electron chi connectivity index (χ3n) is 5.49. The van der Waals surface area contributed by atoms with Crippen molar-refractivity contribution >= 4 is 15.6 Å². The third-order valence-corrected chi connectivity index (χ3v) is 6.49. The first-order chi connectivity index (χ1) is 16.1. The van der Waals surface area contributed by atoms with E-state index in [-0.39, 0.29) is 34.3 Å². The van der Waals surface area contributed by atoms with Gasteiger partial charge in [-0.1, -0.05) is 129 Å². The van der Waals surface area contributed by atoms with Gasteiger partial charge in [0.15, 0.2) is 0 Å². The standard InChI is InChI=1S/2C12H27O4P.Mo/c2*1-2-3-4-5-6-7-8-9-10-11-12-16-17(13,14)15;/h2*2-12H2,1H3,(H2,13,14,15);/q;;+4/p-4. The van der Waals surface area contributed by atoms with Crippen molar-refractivity contribution < 1.29 is 58.8 Å². The van der Waals surface area contributed by atoms with Crippen molar-refractivity contribution in [2.45, 2.75) is 142 Å². The van der Waals surface area contributed by atoms with Gasteiger partial charge in [0, 0.05) is 0 Å². The molecule has 0 heterocycles. The van der Waals surface area contributed by atoms with Gasteiger partial charge in [0.1, 0.15) is 0 Å². The zero-order valence-electron chi connectivity index (χ0n) is 22.1. The Kier molecular flexibility index (Phi) is 34.0. The van der Waals surface area contributed by atoms with Gasteiger partial charge in [-0.3, -0.25) is 0 Å². The summed E-state index contributed by atoms with van der Waals surface area (Å²) in [5, 5.41) is 0. The van der Waals surface area contributed by atoms with Crippen LogP contribution < -0.4 is 19.6 Å². The van der Waals surface area contributed by atoms with Crippen LogP contribution in [0.3, 0.4) is 0 Å². The van der Waals surface area contributed by atoms with Crippen LogP contribution in [0.5, 0.6) is 0 Å². The smallest absolute Gasteiger partial charge is 0.790 e. The van der Waals surface area contributed by atoms with Crippen molar-refractivity contribution in [1.82, 2.24) is 0 Å². The SMILES string of the molecule is CCCCCCCCCCCCOP(=O)([O-])[O-].CCCCCCCCCCCCOP(=O)([O-])[O-].[Mo+4]. The molecule has 0 N–H and O–H groups in total. The molecule has 0 rings (SSSR count). The Bertz CT molecular complexity index is 456. The molecule has 210 valence electrons. The second-order valence-electron chi connectivity index (χ2n) is 8.92. The molecule has 0 amide bonds. The van der Waals surface area contributed by atoms with Crippen LogP contribution in [-0.2, 0) is 39.2 Å². The Morgan fingerprint density at radius 2 is 0.629 bits per heavy atom. The average molecular weight is 625 g/mol. The molecule has 35 heavy (non-hydrogen) atoms. The molecular weight excluding hydrogens is 574 g/mol. The molecule has 0 aromatic heterocycles. The molecule has 0 bridgehead atoms. The van der Waals surface area contributed by atoms with E-state index < -0.39 is 15.6 Å². The number of hydrogen-bond donors (Lipinski definition) is 0. The molecule has 11 heteroatoms. The van der Waals surface area contributed by atoms with Crippen molar-refractivity contribution in [3.8, 4) is 0 Å². The number of hydrogen-bond acceptors (Lipinski definition) is 8.